The van der Waals surface area contributed by atoms with E-state index in [2.05, 4.69) is 15.5 Å². The first-order valence-corrected chi connectivity index (χ1v) is 10.2. The van der Waals surface area contributed by atoms with Crippen LogP contribution in [0.4, 0.5) is 18.9 Å². The zero-order chi connectivity index (χ0) is 21.9. The van der Waals surface area contributed by atoms with E-state index in [1.807, 2.05) is 38.4 Å². The van der Waals surface area contributed by atoms with Crippen LogP contribution in [0, 0.1) is 0 Å². The molecule has 1 aliphatic heterocycles. The minimum atomic E-state index is -4.48. The lowest BCUT2D eigenvalue weighted by molar-refractivity contribution is -0.137. The Bertz CT molecular complexity index is 930. The van der Waals surface area contributed by atoms with Gasteiger partial charge in [-0.3, -0.25) is 9.59 Å². The number of thioether (sulfide) groups is 1. The highest BCUT2D eigenvalue weighted by atomic mass is 32.2. The van der Waals surface area contributed by atoms with Crippen LogP contribution in [0.1, 0.15) is 23.1 Å². The standard InChI is InChI=1S/C21H22F3N3O2S/c1-27(2)12-14-5-3-13(4-6-14)11-25-19(28)10-18-20(29)26-16-9-15(21(22,23)24)7-8-17(16)30-18/h3-9,18H,10-12H2,1-2H3,(H,25,28)(H,26,29). The summed E-state index contributed by atoms with van der Waals surface area (Å²) in [5.74, 6) is -0.773. The van der Waals surface area contributed by atoms with Crippen molar-refractivity contribution in [3.8, 4) is 0 Å². The maximum Gasteiger partial charge on any atom is 0.416 e. The van der Waals surface area contributed by atoms with Crippen LogP contribution in [0.3, 0.4) is 0 Å². The first kappa shape index (κ1) is 22.2. The number of carbonyl (C=O) groups excluding carboxylic acids is 2. The van der Waals surface area contributed by atoms with Crippen molar-refractivity contribution in [1.82, 2.24) is 10.2 Å². The van der Waals surface area contributed by atoms with Crippen molar-refractivity contribution in [2.75, 3.05) is 19.4 Å². The van der Waals surface area contributed by atoms with Crippen molar-refractivity contribution in [3.05, 3.63) is 59.2 Å². The normalized spacial score (nSPS) is 16.2. The third kappa shape index (κ3) is 5.76. The summed E-state index contributed by atoms with van der Waals surface area (Å²) in [7, 11) is 3.97. The number of halogens is 3. The molecule has 0 saturated carbocycles. The average Bonchev–Trinajstić information content (AvgIpc) is 2.66. The molecule has 30 heavy (non-hydrogen) atoms. The van der Waals surface area contributed by atoms with E-state index in [1.54, 1.807) is 0 Å². The van der Waals surface area contributed by atoms with E-state index in [9.17, 15) is 22.8 Å². The van der Waals surface area contributed by atoms with E-state index in [4.69, 9.17) is 0 Å². The lowest BCUT2D eigenvalue weighted by Gasteiger charge is -2.24. The molecule has 0 bridgehead atoms. The molecule has 160 valence electrons. The first-order valence-electron chi connectivity index (χ1n) is 9.30. The minimum absolute atomic E-state index is 0.0598. The maximum absolute atomic E-state index is 12.8. The smallest absolute Gasteiger partial charge is 0.352 e. The Morgan fingerprint density at radius 3 is 2.43 bits per heavy atom. The fourth-order valence-electron chi connectivity index (χ4n) is 3.03. The predicted octanol–water partition coefficient (Wildman–Crippen LogP) is 3.89. The molecule has 2 aromatic rings. The second-order valence-electron chi connectivity index (χ2n) is 7.34. The number of amides is 2. The summed E-state index contributed by atoms with van der Waals surface area (Å²) in [6, 6.07) is 11.1. The Morgan fingerprint density at radius 2 is 1.80 bits per heavy atom. The van der Waals surface area contributed by atoms with Crippen molar-refractivity contribution in [2.45, 2.75) is 35.8 Å². The molecule has 2 amide bonds. The summed E-state index contributed by atoms with van der Waals surface area (Å²) in [6.07, 6.45) is -4.54. The van der Waals surface area contributed by atoms with Gasteiger partial charge < -0.3 is 15.5 Å². The van der Waals surface area contributed by atoms with Gasteiger partial charge in [-0.15, -0.1) is 11.8 Å². The van der Waals surface area contributed by atoms with Crippen LogP contribution in [0.2, 0.25) is 0 Å². The van der Waals surface area contributed by atoms with Crippen molar-refractivity contribution < 1.29 is 22.8 Å². The molecule has 0 radical (unpaired) electrons. The van der Waals surface area contributed by atoms with Crippen LogP contribution in [0.15, 0.2) is 47.4 Å². The van der Waals surface area contributed by atoms with Gasteiger partial charge in [-0.1, -0.05) is 24.3 Å². The lowest BCUT2D eigenvalue weighted by atomic mass is 10.1. The molecule has 1 heterocycles. The van der Waals surface area contributed by atoms with Crippen LogP contribution in [-0.4, -0.2) is 36.1 Å². The topological polar surface area (TPSA) is 61.4 Å². The van der Waals surface area contributed by atoms with E-state index in [0.717, 1.165) is 41.6 Å². The number of alkyl halides is 3. The van der Waals surface area contributed by atoms with E-state index in [0.29, 0.717) is 11.4 Å². The van der Waals surface area contributed by atoms with Crippen LogP contribution in [-0.2, 0) is 28.9 Å². The largest absolute Gasteiger partial charge is 0.416 e. The van der Waals surface area contributed by atoms with Crippen LogP contribution >= 0.6 is 11.8 Å². The molecule has 0 spiro atoms. The number of anilines is 1. The fraction of sp³-hybridized carbons (Fsp3) is 0.333. The van der Waals surface area contributed by atoms with Gasteiger partial charge in [0.2, 0.25) is 11.8 Å². The van der Waals surface area contributed by atoms with Gasteiger partial charge in [0.15, 0.2) is 0 Å². The summed E-state index contributed by atoms with van der Waals surface area (Å²) >= 11 is 1.10. The van der Waals surface area contributed by atoms with Gasteiger partial charge in [0, 0.05) is 24.4 Å². The lowest BCUT2D eigenvalue weighted by Crippen LogP contribution is -2.34. The first-order chi connectivity index (χ1) is 14.1. The molecule has 1 aliphatic rings. The molecule has 5 nitrogen and oxygen atoms in total. The molecule has 0 aromatic heterocycles. The number of fused-ring (bicyclic) bond motifs is 1. The summed E-state index contributed by atoms with van der Waals surface area (Å²) in [4.78, 5) is 27.1. The second-order valence-corrected chi connectivity index (χ2v) is 8.58. The van der Waals surface area contributed by atoms with E-state index >= 15 is 0 Å². The third-order valence-electron chi connectivity index (χ3n) is 4.51. The zero-order valence-electron chi connectivity index (χ0n) is 16.5. The van der Waals surface area contributed by atoms with Gasteiger partial charge in [-0.05, 0) is 43.4 Å². The number of nitrogens with one attached hydrogen (secondary N) is 2. The number of hydrogen-bond acceptors (Lipinski definition) is 4. The number of carbonyl (C=O) groups is 2. The molecular weight excluding hydrogens is 415 g/mol. The summed E-state index contributed by atoms with van der Waals surface area (Å²) in [5.41, 5.74) is 1.40. The Labute approximate surface area is 177 Å². The molecule has 0 saturated heterocycles. The molecule has 3 rings (SSSR count). The summed E-state index contributed by atoms with van der Waals surface area (Å²) in [6.45, 7) is 1.16. The van der Waals surface area contributed by atoms with Gasteiger partial charge in [0.25, 0.3) is 0 Å². The summed E-state index contributed by atoms with van der Waals surface area (Å²) in [5, 5.41) is 4.57. The van der Waals surface area contributed by atoms with Gasteiger partial charge in [0.1, 0.15) is 0 Å². The van der Waals surface area contributed by atoms with Gasteiger partial charge >= 0.3 is 6.18 Å². The Balaban J connectivity index is 1.55. The fourth-order valence-corrected chi connectivity index (χ4v) is 4.12. The monoisotopic (exact) mass is 437 g/mol. The minimum Gasteiger partial charge on any atom is -0.352 e. The van der Waals surface area contributed by atoms with Crippen molar-refractivity contribution in [2.24, 2.45) is 0 Å². The van der Waals surface area contributed by atoms with Gasteiger partial charge in [-0.2, -0.15) is 13.2 Å². The number of rotatable bonds is 6. The van der Waals surface area contributed by atoms with Gasteiger partial charge in [-0.25, -0.2) is 0 Å². The van der Waals surface area contributed by atoms with Crippen LogP contribution < -0.4 is 10.6 Å². The zero-order valence-corrected chi connectivity index (χ0v) is 17.4. The Kier molecular flexibility index (Phi) is 6.72. The summed E-state index contributed by atoms with van der Waals surface area (Å²) < 4.78 is 38.5. The number of hydrogen-bond donors (Lipinski definition) is 2. The van der Waals surface area contributed by atoms with Crippen LogP contribution in [0.5, 0.6) is 0 Å². The molecule has 0 aliphatic carbocycles. The van der Waals surface area contributed by atoms with Crippen molar-refractivity contribution in [1.29, 1.82) is 0 Å². The second kappa shape index (κ2) is 9.09. The molecule has 2 aromatic carbocycles. The molecule has 1 unspecified atom stereocenters. The van der Waals surface area contributed by atoms with Crippen LogP contribution in [0.25, 0.3) is 0 Å². The molecule has 2 N–H and O–H groups in total. The average molecular weight is 437 g/mol. The SMILES string of the molecule is CN(C)Cc1ccc(CNC(=O)CC2Sc3ccc(C(F)(F)F)cc3NC2=O)cc1. The highest BCUT2D eigenvalue weighted by Gasteiger charge is 2.34. The van der Waals surface area contributed by atoms with Gasteiger partial charge in [0.05, 0.1) is 16.5 Å². The number of nitrogens with zero attached hydrogens (tertiary/aromatic N) is 1. The van der Waals surface area contributed by atoms with E-state index in [-0.39, 0.29) is 18.0 Å². The third-order valence-corrected chi connectivity index (χ3v) is 5.78. The highest BCUT2D eigenvalue weighted by molar-refractivity contribution is 8.01. The Hall–Kier alpha value is -2.52. The molecule has 0 fully saturated rings. The van der Waals surface area contributed by atoms with Crippen molar-refractivity contribution >= 4 is 29.3 Å². The predicted molar refractivity (Wildman–Crippen MR) is 110 cm³/mol. The van der Waals surface area contributed by atoms with E-state index in [1.165, 1.54) is 6.07 Å². The van der Waals surface area contributed by atoms with Crippen molar-refractivity contribution in [3.63, 3.8) is 0 Å². The quantitative estimate of drug-likeness (QED) is 0.720. The highest BCUT2D eigenvalue weighted by Crippen LogP contribution is 2.40. The molecule has 9 heteroatoms. The molecular formula is C21H22F3N3O2S. The Morgan fingerprint density at radius 1 is 1.13 bits per heavy atom. The maximum atomic E-state index is 12.8. The van der Waals surface area contributed by atoms with E-state index < -0.39 is 22.9 Å². The number of benzene rings is 2. The molecule has 1 atom stereocenters.